The van der Waals surface area contributed by atoms with Gasteiger partial charge in [-0.05, 0) is 70.7 Å². The third-order valence-corrected chi connectivity index (χ3v) is 9.01. The van der Waals surface area contributed by atoms with E-state index in [1.54, 1.807) is 0 Å². The van der Waals surface area contributed by atoms with E-state index >= 15 is 0 Å². The number of benzene rings is 6. The summed E-state index contributed by atoms with van der Waals surface area (Å²) in [5, 5.41) is 3.80. The van der Waals surface area contributed by atoms with E-state index in [0.717, 1.165) is 13.0 Å². The first-order valence-corrected chi connectivity index (χ1v) is 14.5. The van der Waals surface area contributed by atoms with Crippen molar-refractivity contribution in [3.05, 3.63) is 140 Å². The molecule has 0 saturated heterocycles. The van der Waals surface area contributed by atoms with Crippen molar-refractivity contribution in [2.24, 2.45) is 0 Å². The molecule has 1 N–H and O–H groups in total. The standard InChI is InChI=1S/C36H25BN2S/c1-3-12-24(13-4-1)25-22-28(27-16-11-21-34-36(27)38-30-18-8-10-20-33(30)40-34)35-32(23-25)39(26-14-5-2-6-15-26)31-19-9-7-17-29(31)37-35/h1-23,37-38H. The second-order valence-corrected chi connectivity index (χ2v) is 11.3. The van der Waals surface area contributed by atoms with Crippen LogP contribution in [0.2, 0.25) is 0 Å². The molecule has 2 heterocycles. The van der Waals surface area contributed by atoms with E-state index in [1.807, 2.05) is 11.8 Å². The third-order valence-electron chi connectivity index (χ3n) is 7.87. The lowest BCUT2D eigenvalue weighted by atomic mass is 9.58. The van der Waals surface area contributed by atoms with Gasteiger partial charge in [-0.25, -0.2) is 0 Å². The summed E-state index contributed by atoms with van der Waals surface area (Å²) in [5.74, 6) is 0. The van der Waals surface area contributed by atoms with E-state index in [-0.39, 0.29) is 0 Å². The van der Waals surface area contributed by atoms with Gasteiger partial charge in [0.05, 0.1) is 11.4 Å². The highest BCUT2D eigenvalue weighted by atomic mass is 32.2. The zero-order valence-corrected chi connectivity index (χ0v) is 22.7. The fourth-order valence-electron chi connectivity index (χ4n) is 6.02. The van der Waals surface area contributed by atoms with Crippen LogP contribution in [0.3, 0.4) is 0 Å². The van der Waals surface area contributed by atoms with Crippen LogP contribution in [0.4, 0.5) is 28.4 Å². The maximum atomic E-state index is 3.80. The Bertz CT molecular complexity index is 1890. The van der Waals surface area contributed by atoms with E-state index in [4.69, 9.17) is 0 Å². The Kier molecular flexibility index (Phi) is 5.53. The zero-order chi connectivity index (χ0) is 26.5. The molecule has 8 rings (SSSR count). The Hall–Kier alpha value is -4.67. The van der Waals surface area contributed by atoms with Crippen molar-refractivity contribution >= 4 is 58.4 Å². The molecule has 0 unspecified atom stereocenters. The van der Waals surface area contributed by atoms with E-state index in [1.165, 1.54) is 65.7 Å². The number of fused-ring (bicyclic) bond motifs is 4. The van der Waals surface area contributed by atoms with Crippen molar-refractivity contribution in [1.82, 2.24) is 0 Å². The fraction of sp³-hybridized carbons (Fsp3) is 0. The maximum Gasteiger partial charge on any atom is 0.198 e. The molecule has 0 saturated carbocycles. The van der Waals surface area contributed by atoms with Gasteiger partial charge in [0.15, 0.2) is 7.28 Å². The average molecular weight is 528 g/mol. The quantitative estimate of drug-likeness (QED) is 0.232. The molecule has 0 radical (unpaired) electrons. The van der Waals surface area contributed by atoms with Crippen LogP contribution in [-0.2, 0) is 0 Å². The van der Waals surface area contributed by atoms with Crippen LogP contribution < -0.4 is 21.1 Å². The normalized spacial score (nSPS) is 12.8. The SMILES string of the molecule is B1c2ccccc2N(c2ccccc2)c2cc(-c3ccccc3)cc(-c3cccc4c3Nc3ccccc3S4)c21. The lowest BCUT2D eigenvalue weighted by molar-refractivity contribution is 1.29. The van der Waals surface area contributed by atoms with Crippen molar-refractivity contribution in [1.29, 1.82) is 0 Å². The molecule has 0 atom stereocenters. The van der Waals surface area contributed by atoms with Gasteiger partial charge in [0.1, 0.15) is 0 Å². The first-order chi connectivity index (χ1) is 19.8. The molecule has 0 aromatic heterocycles. The minimum absolute atomic E-state index is 0.882. The molecule has 4 heteroatoms. The average Bonchev–Trinajstić information content (AvgIpc) is 3.02. The van der Waals surface area contributed by atoms with Gasteiger partial charge < -0.3 is 10.2 Å². The molecule has 2 aliphatic rings. The van der Waals surface area contributed by atoms with Crippen LogP contribution in [0.1, 0.15) is 0 Å². The molecule has 0 amide bonds. The molecule has 6 aromatic rings. The van der Waals surface area contributed by atoms with Crippen LogP contribution in [0, 0.1) is 0 Å². The van der Waals surface area contributed by atoms with E-state index < -0.39 is 0 Å². The number of nitrogens with one attached hydrogen (secondary N) is 1. The summed E-state index contributed by atoms with van der Waals surface area (Å²) in [7, 11) is 0.882. The highest BCUT2D eigenvalue weighted by molar-refractivity contribution is 7.99. The fourth-order valence-corrected chi connectivity index (χ4v) is 7.04. The summed E-state index contributed by atoms with van der Waals surface area (Å²) in [4.78, 5) is 4.96. The molecule has 0 fully saturated rings. The van der Waals surface area contributed by atoms with Crippen LogP contribution in [0.15, 0.2) is 149 Å². The third kappa shape index (κ3) is 3.83. The highest BCUT2D eigenvalue weighted by Gasteiger charge is 2.29. The molecule has 0 aliphatic carbocycles. The summed E-state index contributed by atoms with van der Waals surface area (Å²) >= 11 is 1.84. The number of hydrogen-bond donors (Lipinski definition) is 1. The second-order valence-electron chi connectivity index (χ2n) is 10.3. The monoisotopic (exact) mass is 528 g/mol. The van der Waals surface area contributed by atoms with E-state index in [9.17, 15) is 0 Å². The predicted octanol–water partition coefficient (Wildman–Crippen LogP) is 8.40. The molecule has 188 valence electrons. The number of para-hydroxylation sites is 4. The maximum absolute atomic E-state index is 3.80. The van der Waals surface area contributed by atoms with Gasteiger partial charge in [-0.1, -0.05) is 108 Å². The van der Waals surface area contributed by atoms with Crippen molar-refractivity contribution in [3.63, 3.8) is 0 Å². The van der Waals surface area contributed by atoms with Gasteiger partial charge in [-0.2, -0.15) is 0 Å². The first-order valence-electron chi connectivity index (χ1n) is 13.7. The number of anilines is 5. The lowest BCUT2D eigenvalue weighted by Crippen LogP contribution is -2.41. The second kappa shape index (κ2) is 9.51. The van der Waals surface area contributed by atoms with Gasteiger partial charge in [0.25, 0.3) is 0 Å². The van der Waals surface area contributed by atoms with Gasteiger partial charge in [0.2, 0.25) is 0 Å². The van der Waals surface area contributed by atoms with Gasteiger partial charge in [-0.3, -0.25) is 0 Å². The highest BCUT2D eigenvalue weighted by Crippen LogP contribution is 2.49. The van der Waals surface area contributed by atoms with Gasteiger partial charge in [-0.15, -0.1) is 0 Å². The summed E-state index contributed by atoms with van der Waals surface area (Å²) < 4.78 is 0. The molecule has 2 nitrogen and oxygen atoms in total. The van der Waals surface area contributed by atoms with Crippen molar-refractivity contribution in [3.8, 4) is 22.3 Å². The first kappa shape index (κ1) is 23.2. The molecule has 0 spiro atoms. The number of rotatable bonds is 3. The Balaban J connectivity index is 1.41. The molecular weight excluding hydrogens is 503 g/mol. The molecular formula is C36H25BN2S. The topological polar surface area (TPSA) is 15.3 Å². The Morgan fingerprint density at radius 3 is 2.15 bits per heavy atom. The Morgan fingerprint density at radius 2 is 1.27 bits per heavy atom. The van der Waals surface area contributed by atoms with E-state index in [0.29, 0.717) is 0 Å². The van der Waals surface area contributed by atoms with Crippen LogP contribution >= 0.6 is 11.8 Å². The molecule has 2 aliphatic heterocycles. The molecule has 0 bridgehead atoms. The smallest absolute Gasteiger partial charge is 0.198 e. The number of nitrogens with zero attached hydrogens (tertiary/aromatic N) is 1. The van der Waals surface area contributed by atoms with Crippen LogP contribution in [0.5, 0.6) is 0 Å². The van der Waals surface area contributed by atoms with Gasteiger partial charge in [0, 0.05) is 32.4 Å². The largest absolute Gasteiger partial charge is 0.353 e. The molecule has 6 aromatic carbocycles. The zero-order valence-electron chi connectivity index (χ0n) is 21.8. The van der Waals surface area contributed by atoms with Crippen molar-refractivity contribution < 1.29 is 0 Å². The molecule has 40 heavy (non-hydrogen) atoms. The van der Waals surface area contributed by atoms with Crippen LogP contribution in [0.25, 0.3) is 22.3 Å². The predicted molar refractivity (Wildman–Crippen MR) is 172 cm³/mol. The Morgan fingerprint density at radius 1 is 0.550 bits per heavy atom. The van der Waals surface area contributed by atoms with Crippen LogP contribution in [-0.4, -0.2) is 7.28 Å². The van der Waals surface area contributed by atoms with Gasteiger partial charge >= 0.3 is 0 Å². The summed E-state index contributed by atoms with van der Waals surface area (Å²) in [6.07, 6.45) is 0. The summed E-state index contributed by atoms with van der Waals surface area (Å²) in [6.45, 7) is 0. The number of hydrogen-bond acceptors (Lipinski definition) is 3. The Labute approximate surface area is 239 Å². The van der Waals surface area contributed by atoms with Crippen molar-refractivity contribution in [2.75, 3.05) is 10.2 Å². The summed E-state index contributed by atoms with van der Waals surface area (Å²) in [5.41, 5.74) is 13.6. The minimum Gasteiger partial charge on any atom is -0.353 e. The van der Waals surface area contributed by atoms with Crippen molar-refractivity contribution in [2.45, 2.75) is 9.79 Å². The summed E-state index contributed by atoms with van der Waals surface area (Å²) in [6, 6.07) is 50.4. The van der Waals surface area contributed by atoms with E-state index in [2.05, 4.69) is 150 Å². The lowest BCUT2D eigenvalue weighted by Gasteiger charge is -2.35. The minimum atomic E-state index is 0.882.